The molecule has 4 rings (SSSR count). The summed E-state index contributed by atoms with van der Waals surface area (Å²) >= 11 is 1.72. The van der Waals surface area contributed by atoms with E-state index in [2.05, 4.69) is 6.07 Å². The van der Waals surface area contributed by atoms with E-state index in [1.165, 1.54) is 5.56 Å². The monoisotopic (exact) mass is 337 g/mol. The number of hydrogen-bond acceptors (Lipinski definition) is 4. The van der Waals surface area contributed by atoms with Crippen molar-refractivity contribution in [2.75, 3.05) is 12.4 Å². The SMILES string of the molecule is O=C1c2ccccc2CCC1C1=NC(COc2ccccc2)CS1. The molecule has 0 radical (unpaired) electrons. The summed E-state index contributed by atoms with van der Waals surface area (Å²) in [4.78, 5) is 17.5. The number of fused-ring (bicyclic) bond motifs is 1. The van der Waals surface area contributed by atoms with Gasteiger partial charge in [-0.25, -0.2) is 0 Å². The Kier molecular flexibility index (Phi) is 4.39. The summed E-state index contributed by atoms with van der Waals surface area (Å²) in [6.07, 6.45) is 1.82. The lowest BCUT2D eigenvalue weighted by atomic mass is 9.83. The van der Waals surface area contributed by atoms with E-state index in [4.69, 9.17) is 9.73 Å². The quantitative estimate of drug-likeness (QED) is 0.846. The molecule has 122 valence electrons. The highest BCUT2D eigenvalue weighted by Crippen LogP contribution is 2.33. The van der Waals surface area contributed by atoms with Crippen molar-refractivity contribution in [3.8, 4) is 5.75 Å². The van der Waals surface area contributed by atoms with Crippen molar-refractivity contribution >= 4 is 22.6 Å². The number of ketones is 1. The van der Waals surface area contributed by atoms with Crippen LogP contribution < -0.4 is 4.74 Å². The number of aryl methyl sites for hydroxylation is 1. The molecule has 4 heteroatoms. The molecule has 0 fully saturated rings. The number of rotatable bonds is 4. The predicted octanol–water partition coefficient (Wildman–Crippen LogP) is 4.02. The van der Waals surface area contributed by atoms with Crippen molar-refractivity contribution in [2.24, 2.45) is 10.9 Å². The fourth-order valence-corrected chi connectivity index (χ4v) is 4.44. The van der Waals surface area contributed by atoms with Gasteiger partial charge in [-0.3, -0.25) is 9.79 Å². The summed E-state index contributed by atoms with van der Waals surface area (Å²) in [6.45, 7) is 0.567. The number of nitrogens with zero attached hydrogens (tertiary/aromatic N) is 1. The molecule has 1 heterocycles. The number of benzene rings is 2. The van der Waals surface area contributed by atoms with E-state index >= 15 is 0 Å². The molecule has 2 atom stereocenters. The van der Waals surface area contributed by atoms with Crippen LogP contribution in [0.5, 0.6) is 5.75 Å². The van der Waals surface area contributed by atoms with Crippen LogP contribution in [0.4, 0.5) is 0 Å². The molecule has 2 aromatic rings. The van der Waals surface area contributed by atoms with Gasteiger partial charge in [0.05, 0.1) is 17.0 Å². The van der Waals surface area contributed by atoms with Crippen LogP contribution in [-0.4, -0.2) is 29.2 Å². The highest BCUT2D eigenvalue weighted by Gasteiger charge is 2.34. The lowest BCUT2D eigenvalue weighted by Gasteiger charge is -2.22. The van der Waals surface area contributed by atoms with Gasteiger partial charge in [-0.2, -0.15) is 0 Å². The second-order valence-corrected chi connectivity index (χ2v) is 7.21. The molecule has 0 N–H and O–H groups in total. The average Bonchev–Trinajstić information content (AvgIpc) is 3.10. The van der Waals surface area contributed by atoms with Crippen LogP contribution in [-0.2, 0) is 6.42 Å². The van der Waals surface area contributed by atoms with E-state index in [-0.39, 0.29) is 17.7 Å². The minimum atomic E-state index is -0.0633. The van der Waals surface area contributed by atoms with E-state index in [9.17, 15) is 4.79 Å². The molecule has 3 nitrogen and oxygen atoms in total. The molecule has 1 aliphatic carbocycles. The van der Waals surface area contributed by atoms with Crippen LogP contribution in [0.3, 0.4) is 0 Å². The first-order valence-corrected chi connectivity index (χ1v) is 9.30. The molecule has 2 unspecified atom stereocenters. The van der Waals surface area contributed by atoms with Crippen molar-refractivity contribution in [1.82, 2.24) is 0 Å². The van der Waals surface area contributed by atoms with Crippen LogP contribution in [0, 0.1) is 5.92 Å². The van der Waals surface area contributed by atoms with E-state index < -0.39 is 0 Å². The Bertz CT molecular complexity index is 772. The van der Waals surface area contributed by atoms with Gasteiger partial charge >= 0.3 is 0 Å². The van der Waals surface area contributed by atoms with Gasteiger partial charge in [-0.1, -0.05) is 42.5 Å². The van der Waals surface area contributed by atoms with Gasteiger partial charge in [0.25, 0.3) is 0 Å². The molecule has 0 bridgehead atoms. The zero-order chi connectivity index (χ0) is 16.4. The summed E-state index contributed by atoms with van der Waals surface area (Å²) in [5.74, 6) is 1.93. The number of ether oxygens (including phenoxy) is 1. The minimum Gasteiger partial charge on any atom is -0.491 e. The Morgan fingerprint density at radius 3 is 2.75 bits per heavy atom. The van der Waals surface area contributed by atoms with E-state index in [0.29, 0.717) is 6.61 Å². The Labute approximate surface area is 146 Å². The van der Waals surface area contributed by atoms with E-state index in [0.717, 1.165) is 35.0 Å². The first-order valence-electron chi connectivity index (χ1n) is 8.32. The molecule has 2 aromatic carbocycles. The fraction of sp³-hybridized carbons (Fsp3) is 0.300. The number of para-hydroxylation sites is 1. The molecule has 1 aliphatic heterocycles. The standard InChI is InChI=1S/C20H19NO2S/c22-19-17-9-5-4-6-14(17)10-11-18(19)20-21-15(13-24-20)12-23-16-7-2-1-3-8-16/h1-9,15,18H,10-13H2. The van der Waals surface area contributed by atoms with Gasteiger partial charge in [0.2, 0.25) is 0 Å². The number of carbonyl (C=O) groups is 1. The van der Waals surface area contributed by atoms with Gasteiger partial charge in [-0.05, 0) is 30.5 Å². The van der Waals surface area contributed by atoms with Crippen molar-refractivity contribution < 1.29 is 9.53 Å². The highest BCUT2D eigenvalue weighted by molar-refractivity contribution is 8.14. The van der Waals surface area contributed by atoms with E-state index in [1.54, 1.807) is 11.8 Å². The zero-order valence-corrected chi connectivity index (χ0v) is 14.2. The lowest BCUT2D eigenvalue weighted by Crippen LogP contribution is -2.27. The molecule has 0 aromatic heterocycles. The van der Waals surface area contributed by atoms with E-state index in [1.807, 2.05) is 48.5 Å². The van der Waals surface area contributed by atoms with Crippen LogP contribution in [0.2, 0.25) is 0 Å². The Hall–Kier alpha value is -2.07. The Morgan fingerprint density at radius 1 is 1.08 bits per heavy atom. The summed E-state index contributed by atoms with van der Waals surface area (Å²) in [7, 11) is 0. The number of hydrogen-bond donors (Lipinski definition) is 0. The molecule has 0 spiro atoms. The molecule has 24 heavy (non-hydrogen) atoms. The topological polar surface area (TPSA) is 38.7 Å². The maximum atomic E-state index is 12.8. The summed E-state index contributed by atoms with van der Waals surface area (Å²) in [6, 6.07) is 17.9. The summed E-state index contributed by atoms with van der Waals surface area (Å²) in [5, 5.41) is 0.996. The maximum Gasteiger partial charge on any atom is 0.172 e. The summed E-state index contributed by atoms with van der Waals surface area (Å²) in [5.41, 5.74) is 2.05. The van der Waals surface area contributed by atoms with Gasteiger partial charge in [0.1, 0.15) is 12.4 Å². The van der Waals surface area contributed by atoms with Gasteiger partial charge < -0.3 is 4.74 Å². The van der Waals surface area contributed by atoms with Crippen LogP contribution in [0.25, 0.3) is 0 Å². The van der Waals surface area contributed by atoms with Gasteiger partial charge in [-0.15, -0.1) is 11.8 Å². The fourth-order valence-electron chi connectivity index (χ4n) is 3.25. The van der Waals surface area contributed by atoms with Gasteiger partial charge in [0, 0.05) is 11.3 Å². The Morgan fingerprint density at radius 2 is 1.88 bits per heavy atom. The highest BCUT2D eigenvalue weighted by atomic mass is 32.2. The molecular weight excluding hydrogens is 318 g/mol. The largest absolute Gasteiger partial charge is 0.491 e. The molecule has 2 aliphatic rings. The van der Waals surface area contributed by atoms with Crippen molar-refractivity contribution in [1.29, 1.82) is 0 Å². The predicted molar refractivity (Wildman–Crippen MR) is 98.2 cm³/mol. The first kappa shape index (κ1) is 15.5. The second-order valence-electron chi connectivity index (χ2n) is 6.17. The number of thioether (sulfide) groups is 1. The average molecular weight is 337 g/mol. The number of aliphatic imine (C=N–C) groups is 1. The van der Waals surface area contributed by atoms with Gasteiger partial charge in [0.15, 0.2) is 5.78 Å². The third-order valence-electron chi connectivity index (χ3n) is 4.52. The van der Waals surface area contributed by atoms with Crippen LogP contribution >= 0.6 is 11.8 Å². The summed E-state index contributed by atoms with van der Waals surface area (Å²) < 4.78 is 5.80. The number of Topliss-reactive ketones (excluding diaryl/α,β-unsaturated/α-hetero) is 1. The van der Waals surface area contributed by atoms with Crippen LogP contribution in [0.15, 0.2) is 59.6 Å². The van der Waals surface area contributed by atoms with Crippen molar-refractivity contribution in [2.45, 2.75) is 18.9 Å². The lowest BCUT2D eigenvalue weighted by molar-refractivity contribution is 0.0942. The molecule has 0 saturated carbocycles. The Balaban J connectivity index is 1.43. The number of carbonyl (C=O) groups excluding carboxylic acids is 1. The first-order chi connectivity index (χ1) is 11.8. The zero-order valence-electron chi connectivity index (χ0n) is 13.4. The smallest absolute Gasteiger partial charge is 0.172 e. The molecule has 0 amide bonds. The molecule has 0 saturated heterocycles. The maximum absolute atomic E-state index is 12.8. The molecular formula is C20H19NO2S. The minimum absolute atomic E-state index is 0.0633. The normalized spacial score (nSPS) is 22.8. The van der Waals surface area contributed by atoms with Crippen molar-refractivity contribution in [3.63, 3.8) is 0 Å². The second kappa shape index (κ2) is 6.81. The van der Waals surface area contributed by atoms with Crippen LogP contribution in [0.1, 0.15) is 22.3 Å². The third-order valence-corrected chi connectivity index (χ3v) is 5.76. The third kappa shape index (κ3) is 3.11. The van der Waals surface area contributed by atoms with Crippen molar-refractivity contribution in [3.05, 3.63) is 65.7 Å².